The molecule has 3 aromatic rings. The maximum absolute atomic E-state index is 13.1. The van der Waals surface area contributed by atoms with Gasteiger partial charge in [-0.15, -0.1) is 0 Å². The lowest BCUT2D eigenvalue weighted by Gasteiger charge is -2.36. The quantitative estimate of drug-likeness (QED) is 0.267. The average Bonchev–Trinajstić information content (AvgIpc) is 3.17. The highest BCUT2D eigenvalue weighted by molar-refractivity contribution is 6.42. The molecule has 5 rings (SSSR count). The first-order valence-corrected chi connectivity index (χ1v) is 15.2. The molecule has 0 bridgehead atoms. The van der Waals surface area contributed by atoms with Crippen molar-refractivity contribution in [1.29, 1.82) is 0 Å². The van der Waals surface area contributed by atoms with Crippen molar-refractivity contribution in [2.24, 2.45) is 0 Å². The number of benzene rings is 3. The number of ether oxygens (including phenoxy) is 4. The van der Waals surface area contributed by atoms with Crippen molar-refractivity contribution < 1.29 is 28.5 Å². The van der Waals surface area contributed by atoms with Crippen LogP contribution in [-0.2, 0) is 33.7 Å². The number of hydrogen-bond donors (Lipinski definition) is 0. The molecule has 0 spiro atoms. The van der Waals surface area contributed by atoms with Crippen LogP contribution in [0.5, 0.6) is 11.5 Å². The zero-order valence-electron chi connectivity index (χ0n) is 25.1. The molecular weight excluding hydrogens is 589 g/mol. The van der Waals surface area contributed by atoms with Crippen molar-refractivity contribution in [2.75, 3.05) is 13.7 Å². The predicted octanol–water partition coefficient (Wildman–Crippen LogP) is 8.08. The lowest BCUT2D eigenvalue weighted by Crippen LogP contribution is -2.50. The lowest BCUT2D eigenvalue weighted by molar-refractivity contribution is -0.147. The first-order chi connectivity index (χ1) is 20.4. The monoisotopic (exact) mass is 625 g/mol. The SMILES string of the molecule is COC(=O)[C@@H]1Cc2cc3c(cc2CN1C(=O)OC(C)(C)C)CC(c1ccc(OC(C)c2ccc(Cl)c(Cl)c2)cc1)CCO3. The van der Waals surface area contributed by atoms with Gasteiger partial charge in [0.15, 0.2) is 0 Å². The third kappa shape index (κ3) is 7.22. The van der Waals surface area contributed by atoms with Gasteiger partial charge in [-0.25, -0.2) is 9.59 Å². The van der Waals surface area contributed by atoms with Gasteiger partial charge >= 0.3 is 12.1 Å². The van der Waals surface area contributed by atoms with Crippen molar-refractivity contribution in [2.45, 2.75) is 77.2 Å². The number of methoxy groups -OCH3 is 1. The molecule has 2 heterocycles. The van der Waals surface area contributed by atoms with E-state index in [1.807, 2.05) is 58.0 Å². The minimum absolute atomic E-state index is 0.191. The fourth-order valence-electron chi connectivity index (χ4n) is 5.64. The van der Waals surface area contributed by atoms with E-state index >= 15 is 0 Å². The summed E-state index contributed by atoms with van der Waals surface area (Å²) in [7, 11) is 1.33. The summed E-state index contributed by atoms with van der Waals surface area (Å²) in [6, 6.07) is 17.1. The molecule has 43 heavy (non-hydrogen) atoms. The Morgan fingerprint density at radius 2 is 1.70 bits per heavy atom. The Morgan fingerprint density at radius 3 is 2.37 bits per heavy atom. The summed E-state index contributed by atoms with van der Waals surface area (Å²) in [5.74, 6) is 1.37. The van der Waals surface area contributed by atoms with Crippen LogP contribution in [0.25, 0.3) is 0 Å². The summed E-state index contributed by atoms with van der Waals surface area (Å²) >= 11 is 12.2. The summed E-state index contributed by atoms with van der Waals surface area (Å²) in [6.45, 7) is 8.23. The first kappa shape index (κ1) is 31.0. The zero-order chi connectivity index (χ0) is 30.9. The number of rotatable bonds is 5. The summed E-state index contributed by atoms with van der Waals surface area (Å²) < 4.78 is 23.0. The third-order valence-corrected chi connectivity index (χ3v) is 8.62. The molecule has 7 nitrogen and oxygen atoms in total. The molecular formula is C34H37Cl2NO6. The Balaban J connectivity index is 1.33. The Morgan fingerprint density at radius 1 is 0.953 bits per heavy atom. The maximum atomic E-state index is 13.1. The minimum atomic E-state index is -0.760. The van der Waals surface area contributed by atoms with Crippen molar-refractivity contribution >= 4 is 35.3 Å². The van der Waals surface area contributed by atoms with E-state index in [1.54, 1.807) is 6.07 Å². The minimum Gasteiger partial charge on any atom is -0.493 e. The topological polar surface area (TPSA) is 74.3 Å². The molecule has 0 fully saturated rings. The number of hydrogen-bond acceptors (Lipinski definition) is 6. The molecule has 1 amide bonds. The normalized spacial score (nSPS) is 18.8. The standard InChI is InChI=1S/C34H37Cl2NO6/c1-20(22-8-11-28(35)29(36)16-22)42-27-9-6-21(7-10-27)23-12-13-41-31-18-24-17-30(32(38)40-5)37(33(39)43-34(2,3)4)19-26(24)15-25(31)14-23/h6-11,15-16,18,20,23,30H,12-14,17,19H2,1-5H3/t20?,23?,30-/m0/s1. The second-order valence-corrected chi connectivity index (χ2v) is 12.9. The second kappa shape index (κ2) is 12.7. The fourth-order valence-corrected chi connectivity index (χ4v) is 5.95. The van der Waals surface area contributed by atoms with Crippen molar-refractivity contribution in [1.82, 2.24) is 4.90 Å². The summed E-state index contributed by atoms with van der Waals surface area (Å²) in [5, 5.41) is 1.02. The average molecular weight is 627 g/mol. The largest absolute Gasteiger partial charge is 0.493 e. The van der Waals surface area contributed by atoms with E-state index in [1.165, 1.54) is 17.6 Å². The van der Waals surface area contributed by atoms with E-state index in [0.717, 1.165) is 46.6 Å². The predicted molar refractivity (Wildman–Crippen MR) is 166 cm³/mol. The van der Waals surface area contributed by atoms with Gasteiger partial charge in [0.2, 0.25) is 0 Å². The van der Waals surface area contributed by atoms with Crippen LogP contribution in [0.15, 0.2) is 54.6 Å². The van der Waals surface area contributed by atoms with Crippen LogP contribution in [0.4, 0.5) is 4.79 Å². The molecule has 0 saturated heterocycles. The highest BCUT2D eigenvalue weighted by Gasteiger charge is 2.38. The zero-order valence-corrected chi connectivity index (χ0v) is 26.6. The van der Waals surface area contributed by atoms with Gasteiger partial charge in [-0.2, -0.15) is 0 Å². The molecule has 3 atom stereocenters. The van der Waals surface area contributed by atoms with Gasteiger partial charge in [0.1, 0.15) is 29.2 Å². The summed E-state index contributed by atoms with van der Waals surface area (Å²) in [5.41, 5.74) is 4.50. The molecule has 0 saturated carbocycles. The van der Waals surface area contributed by atoms with Gasteiger partial charge < -0.3 is 18.9 Å². The first-order valence-electron chi connectivity index (χ1n) is 14.5. The Hall–Kier alpha value is -3.42. The number of carbonyl (C=O) groups excluding carboxylic acids is 2. The van der Waals surface area contributed by atoms with Gasteiger partial charge in [0, 0.05) is 6.42 Å². The van der Waals surface area contributed by atoms with Gasteiger partial charge in [0.05, 0.1) is 30.3 Å². The lowest BCUT2D eigenvalue weighted by atomic mass is 9.87. The van der Waals surface area contributed by atoms with E-state index < -0.39 is 23.7 Å². The van der Waals surface area contributed by atoms with Crippen LogP contribution in [-0.4, -0.2) is 42.3 Å². The molecule has 228 valence electrons. The third-order valence-electron chi connectivity index (χ3n) is 7.88. The highest BCUT2D eigenvalue weighted by Crippen LogP contribution is 2.38. The van der Waals surface area contributed by atoms with Crippen molar-refractivity contribution in [3.63, 3.8) is 0 Å². The van der Waals surface area contributed by atoms with Crippen LogP contribution in [0.1, 0.15) is 74.0 Å². The molecule has 0 radical (unpaired) electrons. The van der Waals surface area contributed by atoms with Crippen molar-refractivity contribution in [3.8, 4) is 11.5 Å². The summed E-state index contributed by atoms with van der Waals surface area (Å²) in [4.78, 5) is 27.2. The molecule has 3 aromatic carbocycles. The number of carbonyl (C=O) groups is 2. The van der Waals surface area contributed by atoms with Crippen molar-refractivity contribution in [3.05, 3.63) is 92.5 Å². The molecule has 9 heteroatoms. The Labute approximate surface area is 263 Å². The molecule has 0 aromatic heterocycles. The van der Waals surface area contributed by atoms with E-state index in [4.69, 9.17) is 42.1 Å². The molecule has 0 aliphatic carbocycles. The summed E-state index contributed by atoms with van der Waals surface area (Å²) in [6.07, 6.45) is 1.25. The van der Waals surface area contributed by atoms with Crippen LogP contribution >= 0.6 is 23.2 Å². The smallest absolute Gasteiger partial charge is 0.411 e. The van der Waals surface area contributed by atoms with Gasteiger partial charge in [0.25, 0.3) is 0 Å². The number of amides is 1. The van der Waals surface area contributed by atoms with E-state index in [2.05, 4.69) is 18.2 Å². The van der Waals surface area contributed by atoms with E-state index in [-0.39, 0.29) is 18.6 Å². The van der Waals surface area contributed by atoms with Crippen LogP contribution in [0, 0.1) is 0 Å². The Kier molecular flexibility index (Phi) is 9.14. The van der Waals surface area contributed by atoms with Crippen LogP contribution < -0.4 is 9.47 Å². The van der Waals surface area contributed by atoms with E-state index in [9.17, 15) is 9.59 Å². The number of esters is 1. The van der Waals surface area contributed by atoms with Gasteiger partial charge in [-0.05, 0) is 105 Å². The second-order valence-electron chi connectivity index (χ2n) is 12.1. The molecule has 2 aliphatic heterocycles. The Bertz CT molecular complexity index is 1500. The maximum Gasteiger partial charge on any atom is 0.411 e. The van der Waals surface area contributed by atoms with E-state index in [0.29, 0.717) is 23.1 Å². The van der Waals surface area contributed by atoms with Gasteiger partial charge in [-0.3, -0.25) is 4.90 Å². The fraction of sp³-hybridized carbons (Fsp3) is 0.412. The number of nitrogens with zero attached hydrogens (tertiary/aromatic N) is 1. The number of halogens is 2. The van der Waals surface area contributed by atoms with Crippen LogP contribution in [0.2, 0.25) is 10.0 Å². The highest BCUT2D eigenvalue weighted by atomic mass is 35.5. The molecule has 2 aliphatic rings. The van der Waals surface area contributed by atoms with Gasteiger partial charge in [-0.1, -0.05) is 47.5 Å². The molecule has 2 unspecified atom stereocenters. The number of fused-ring (bicyclic) bond motifs is 2. The van der Waals surface area contributed by atoms with Crippen LogP contribution in [0.3, 0.4) is 0 Å². The molecule has 0 N–H and O–H groups in total.